The first kappa shape index (κ1) is 82.7. The highest BCUT2D eigenvalue weighted by atomic mass is 31.2. The molecule has 0 bridgehead atoms. The lowest BCUT2D eigenvalue weighted by atomic mass is 10.0. The van der Waals surface area contributed by atoms with E-state index in [9.17, 15) is 19.0 Å². The Balaban J connectivity index is 5.02. The van der Waals surface area contributed by atoms with Gasteiger partial charge in [0.15, 0.2) is 0 Å². The van der Waals surface area contributed by atoms with Gasteiger partial charge in [0.05, 0.1) is 33.8 Å². The standard InChI is InChI=1S/C75H141N2O7P/c1-7-10-13-16-19-22-25-28-30-32-34-35-36-37-38-39-40-41-43-44-46-49-52-55-58-61-64-67-74(78)76-72(71-83-85(80,81)82-70-69-77(4,5)6)73(66-63-60-57-54-51-48-27-24-21-18-15-12-9-3)84-75(79)68-65-62-59-56-53-50-47-45-42-33-31-29-26-23-20-17-14-11-8-2/h19-20,22-23,28-31,63,66,72-73H,7-18,21,24-27,32-62,64-65,67-71H2,1-6H3,(H-,76,78,80,81)/b22-19-,23-20-,30-28-,31-29-,66-63-. The van der Waals surface area contributed by atoms with Crippen molar-refractivity contribution in [3.63, 3.8) is 0 Å². The fourth-order valence-corrected chi connectivity index (χ4v) is 11.5. The average molecular weight is 1210 g/mol. The van der Waals surface area contributed by atoms with Crippen LogP contribution in [0.25, 0.3) is 0 Å². The fourth-order valence-electron chi connectivity index (χ4n) is 10.8. The number of likely N-dealkylation sites (N-methyl/N-ethyl adjacent to an activating group) is 1. The molecule has 9 nitrogen and oxygen atoms in total. The molecule has 10 heteroatoms. The first-order chi connectivity index (χ1) is 41.4. The summed E-state index contributed by atoms with van der Waals surface area (Å²) in [5.41, 5.74) is 0. The van der Waals surface area contributed by atoms with E-state index < -0.39 is 20.0 Å². The molecule has 0 aromatic heterocycles. The van der Waals surface area contributed by atoms with Crippen LogP contribution in [0.2, 0.25) is 0 Å². The van der Waals surface area contributed by atoms with Crippen molar-refractivity contribution < 1.29 is 37.3 Å². The van der Waals surface area contributed by atoms with Gasteiger partial charge in [-0.2, -0.15) is 0 Å². The van der Waals surface area contributed by atoms with E-state index >= 15 is 0 Å². The van der Waals surface area contributed by atoms with Gasteiger partial charge in [-0.3, -0.25) is 14.2 Å². The molecule has 0 saturated heterocycles. The second-order valence-electron chi connectivity index (χ2n) is 26.1. The second-order valence-corrected chi connectivity index (χ2v) is 27.5. The number of rotatable bonds is 67. The molecule has 0 aromatic rings. The highest BCUT2D eigenvalue weighted by molar-refractivity contribution is 7.45. The van der Waals surface area contributed by atoms with Crippen molar-refractivity contribution in [2.45, 2.75) is 367 Å². The van der Waals surface area contributed by atoms with Crippen molar-refractivity contribution in [1.29, 1.82) is 0 Å². The van der Waals surface area contributed by atoms with E-state index in [0.717, 1.165) is 70.6 Å². The number of phosphoric ester groups is 1. The quantitative estimate of drug-likeness (QED) is 0.0212. The van der Waals surface area contributed by atoms with Crippen molar-refractivity contribution in [2.75, 3.05) is 40.9 Å². The molecule has 85 heavy (non-hydrogen) atoms. The molecule has 0 aliphatic carbocycles. The Morgan fingerprint density at radius 1 is 0.412 bits per heavy atom. The van der Waals surface area contributed by atoms with Crippen molar-refractivity contribution in [3.05, 3.63) is 60.8 Å². The third-order valence-corrected chi connectivity index (χ3v) is 17.4. The van der Waals surface area contributed by atoms with Crippen LogP contribution in [0.3, 0.4) is 0 Å². The minimum absolute atomic E-state index is 0.0223. The number of quaternary nitrogens is 1. The van der Waals surface area contributed by atoms with Gasteiger partial charge < -0.3 is 28.5 Å². The third-order valence-electron chi connectivity index (χ3n) is 16.4. The van der Waals surface area contributed by atoms with Crippen LogP contribution >= 0.6 is 7.82 Å². The molecule has 0 aliphatic heterocycles. The van der Waals surface area contributed by atoms with E-state index in [2.05, 4.69) is 74.7 Å². The van der Waals surface area contributed by atoms with Gasteiger partial charge in [-0.05, 0) is 96.0 Å². The molecule has 1 N–H and O–H groups in total. The zero-order chi connectivity index (χ0) is 62.1. The summed E-state index contributed by atoms with van der Waals surface area (Å²) in [6.45, 7) is 6.84. The highest BCUT2D eigenvalue weighted by Crippen LogP contribution is 2.38. The molecule has 3 unspecified atom stereocenters. The van der Waals surface area contributed by atoms with E-state index in [1.807, 2.05) is 33.3 Å². The maximum Gasteiger partial charge on any atom is 0.306 e. The molecule has 0 aromatic carbocycles. The lowest BCUT2D eigenvalue weighted by Crippen LogP contribution is -2.47. The van der Waals surface area contributed by atoms with Crippen LogP contribution in [0.5, 0.6) is 0 Å². The number of phosphoric acid groups is 1. The van der Waals surface area contributed by atoms with Crippen molar-refractivity contribution >= 4 is 19.7 Å². The minimum Gasteiger partial charge on any atom is -0.756 e. The van der Waals surface area contributed by atoms with E-state index in [0.29, 0.717) is 17.4 Å². The van der Waals surface area contributed by atoms with Crippen molar-refractivity contribution in [2.24, 2.45) is 0 Å². The molecule has 0 aliphatic rings. The predicted molar refractivity (Wildman–Crippen MR) is 367 cm³/mol. The summed E-state index contributed by atoms with van der Waals surface area (Å²) in [7, 11) is 1.19. The van der Waals surface area contributed by atoms with Crippen molar-refractivity contribution in [3.8, 4) is 0 Å². The van der Waals surface area contributed by atoms with E-state index in [4.69, 9.17) is 13.8 Å². The number of allylic oxidation sites excluding steroid dienone is 9. The van der Waals surface area contributed by atoms with Crippen LogP contribution in [0.15, 0.2) is 60.8 Å². The largest absolute Gasteiger partial charge is 0.756 e. The van der Waals surface area contributed by atoms with Gasteiger partial charge in [0, 0.05) is 12.8 Å². The van der Waals surface area contributed by atoms with Crippen LogP contribution in [-0.4, -0.2) is 69.4 Å². The SMILES string of the molecule is CCCCC/C=C\C/C=C\CCCCCCCCCCCCCCCCCCCC(=O)NC(COP(=O)([O-])OCC[N+](C)(C)C)C(/C=C\CCCCCCCCCCCCC)OC(=O)CCCCCCCCCCC/C=C\C/C=C\CCCCC. The number of nitrogens with one attached hydrogen (secondary N) is 1. The van der Waals surface area contributed by atoms with Gasteiger partial charge in [0.25, 0.3) is 7.82 Å². The molecule has 0 radical (unpaired) electrons. The molecule has 498 valence electrons. The zero-order valence-corrected chi connectivity index (χ0v) is 58.0. The van der Waals surface area contributed by atoms with Crippen molar-refractivity contribution in [1.82, 2.24) is 5.32 Å². The summed E-state index contributed by atoms with van der Waals surface area (Å²) in [4.78, 5) is 40.2. The Hall–Kier alpha value is -2.29. The molecule has 3 atom stereocenters. The minimum atomic E-state index is -4.71. The normalized spacial score (nSPS) is 13.8. The molecular weight excluding hydrogens is 1070 g/mol. The van der Waals surface area contributed by atoms with Gasteiger partial charge >= 0.3 is 5.97 Å². The number of carbonyl (C=O) groups is 2. The van der Waals surface area contributed by atoms with Crippen LogP contribution < -0.4 is 10.2 Å². The molecule has 1 amide bonds. The van der Waals surface area contributed by atoms with Crippen LogP contribution in [0, 0.1) is 0 Å². The first-order valence-corrected chi connectivity index (χ1v) is 38.1. The second kappa shape index (κ2) is 64.7. The number of nitrogens with zero attached hydrogens (tertiary/aromatic N) is 1. The topological polar surface area (TPSA) is 114 Å². The number of amides is 1. The van der Waals surface area contributed by atoms with Gasteiger partial charge in [0.1, 0.15) is 19.3 Å². The molecule has 0 saturated carbocycles. The monoisotopic (exact) mass is 1210 g/mol. The maximum atomic E-state index is 13.6. The van der Waals surface area contributed by atoms with Crippen LogP contribution in [-0.2, 0) is 27.9 Å². The lowest BCUT2D eigenvalue weighted by Gasteiger charge is -2.30. The number of carbonyl (C=O) groups excluding carboxylic acids is 2. The number of hydrogen-bond acceptors (Lipinski definition) is 7. The summed E-state index contributed by atoms with van der Waals surface area (Å²) >= 11 is 0. The smallest absolute Gasteiger partial charge is 0.306 e. The lowest BCUT2D eigenvalue weighted by molar-refractivity contribution is -0.870. The molecule has 0 rings (SSSR count). The third kappa shape index (κ3) is 66.0. The summed E-state index contributed by atoms with van der Waals surface area (Å²) < 4.78 is 30.5. The van der Waals surface area contributed by atoms with Gasteiger partial charge in [-0.15, -0.1) is 0 Å². The highest BCUT2D eigenvalue weighted by Gasteiger charge is 2.27. The van der Waals surface area contributed by atoms with E-state index in [-0.39, 0.29) is 31.5 Å². The Morgan fingerprint density at radius 3 is 1.08 bits per heavy atom. The molecular formula is C75H141N2O7P. The Morgan fingerprint density at radius 2 is 0.718 bits per heavy atom. The molecule has 0 heterocycles. The summed E-state index contributed by atoms with van der Waals surface area (Å²) in [5, 5.41) is 3.05. The van der Waals surface area contributed by atoms with Crippen LogP contribution in [0.1, 0.15) is 355 Å². The van der Waals surface area contributed by atoms with Gasteiger partial charge in [-0.25, -0.2) is 0 Å². The molecule has 0 spiro atoms. The first-order valence-electron chi connectivity index (χ1n) is 36.6. The Labute approximate surface area is 528 Å². The Bertz CT molecular complexity index is 1640. The van der Waals surface area contributed by atoms with Gasteiger partial charge in [-0.1, -0.05) is 307 Å². The number of unbranched alkanes of at least 4 members (excludes halogenated alkanes) is 43. The Kier molecular flexibility index (Phi) is 62.9. The zero-order valence-electron chi connectivity index (χ0n) is 57.1. The number of ether oxygens (including phenoxy) is 1. The fraction of sp³-hybridized carbons (Fsp3) is 0.840. The predicted octanol–water partition coefficient (Wildman–Crippen LogP) is 22.7. The van der Waals surface area contributed by atoms with E-state index in [1.54, 1.807) is 0 Å². The molecule has 0 fully saturated rings. The average Bonchev–Trinajstić information content (AvgIpc) is 3.53. The summed E-state index contributed by atoms with van der Waals surface area (Å²) in [5.74, 6) is -0.531. The summed E-state index contributed by atoms with van der Waals surface area (Å²) in [6, 6.07) is -0.891. The summed E-state index contributed by atoms with van der Waals surface area (Å²) in [6.07, 6.45) is 83.4. The van der Waals surface area contributed by atoms with Crippen LogP contribution in [0.4, 0.5) is 0 Å². The van der Waals surface area contributed by atoms with E-state index in [1.165, 1.54) is 250 Å². The number of esters is 1. The maximum absolute atomic E-state index is 13.6. The van der Waals surface area contributed by atoms with Gasteiger partial charge in [0.2, 0.25) is 5.91 Å². The number of hydrogen-bond donors (Lipinski definition) is 1.